The molecule has 4 rings (SSSR count). The van der Waals surface area contributed by atoms with Crippen molar-refractivity contribution in [3.05, 3.63) is 84.1 Å². The molecule has 0 amide bonds. The van der Waals surface area contributed by atoms with E-state index in [4.69, 9.17) is 11.6 Å². The molecule has 28 heavy (non-hydrogen) atoms. The number of halogens is 1. The maximum atomic E-state index is 13.3. The normalized spacial score (nSPS) is 11.5. The first kappa shape index (κ1) is 18.7. The monoisotopic (exact) mass is 411 g/mol. The van der Waals surface area contributed by atoms with Crippen molar-refractivity contribution in [3.63, 3.8) is 0 Å². The molecule has 0 atom stereocenters. The summed E-state index contributed by atoms with van der Waals surface area (Å²) in [5.74, 6) is 0.602. The van der Waals surface area contributed by atoms with Crippen LogP contribution in [-0.2, 0) is 0 Å². The number of hydrogen-bond donors (Lipinski definition) is 0. The van der Waals surface area contributed by atoms with Crippen LogP contribution in [0.1, 0.15) is 30.9 Å². The maximum absolute atomic E-state index is 13.3. The highest BCUT2D eigenvalue weighted by Crippen LogP contribution is 2.29. The van der Waals surface area contributed by atoms with Gasteiger partial charge in [-0.3, -0.25) is 18.7 Å². The van der Waals surface area contributed by atoms with Gasteiger partial charge in [0, 0.05) is 10.4 Å². The first-order valence-electron chi connectivity index (χ1n) is 8.86. The minimum absolute atomic E-state index is 0.185. The second-order valence-corrected chi connectivity index (χ2v) is 8.08. The Labute approximate surface area is 170 Å². The lowest BCUT2D eigenvalue weighted by Crippen LogP contribution is -2.41. The van der Waals surface area contributed by atoms with Gasteiger partial charge >= 0.3 is 11.1 Å². The summed E-state index contributed by atoms with van der Waals surface area (Å²) in [6, 6.07) is 11.1. The van der Waals surface area contributed by atoms with Crippen LogP contribution in [0.5, 0.6) is 0 Å². The van der Waals surface area contributed by atoms with Crippen LogP contribution < -0.4 is 11.1 Å². The van der Waals surface area contributed by atoms with Gasteiger partial charge in [0.2, 0.25) is 0 Å². The van der Waals surface area contributed by atoms with Crippen molar-refractivity contribution in [2.24, 2.45) is 0 Å². The zero-order valence-corrected chi connectivity index (χ0v) is 17.2. The van der Waals surface area contributed by atoms with E-state index in [-0.39, 0.29) is 5.92 Å². The molecule has 0 saturated carbocycles. The number of fused-ring (bicyclic) bond motifs is 1. The van der Waals surface area contributed by atoms with Crippen LogP contribution in [0.2, 0.25) is 5.02 Å². The Bertz CT molecular complexity index is 1300. The smallest absolute Gasteiger partial charge is 0.270 e. The van der Waals surface area contributed by atoms with Gasteiger partial charge < -0.3 is 0 Å². The molecular formula is C21H18ClN3O2S. The topological polar surface area (TPSA) is 56.9 Å². The Hall–Kier alpha value is -2.70. The highest BCUT2D eigenvalue weighted by atomic mass is 35.5. The number of thiazole rings is 1. The standard InChI is InChI=1S/C21H18ClN3O2S/c1-12(2)15-6-4-5-13(3)19(15)25-16-8-7-14(22)9-17(16)24(20(26)21(25)27)18-10-28-11-23-18/h4-12H,1-3H3. The van der Waals surface area contributed by atoms with Crippen molar-refractivity contribution in [1.82, 2.24) is 14.1 Å². The van der Waals surface area contributed by atoms with Gasteiger partial charge in [0.05, 0.1) is 22.2 Å². The Kier molecular flexibility index (Phi) is 4.69. The van der Waals surface area contributed by atoms with Crippen LogP contribution in [0.15, 0.2) is 56.9 Å². The number of benzene rings is 2. The van der Waals surface area contributed by atoms with Crippen molar-refractivity contribution in [2.75, 3.05) is 0 Å². The summed E-state index contributed by atoms with van der Waals surface area (Å²) in [6.07, 6.45) is 0. The molecule has 2 heterocycles. The molecule has 0 N–H and O–H groups in total. The quantitative estimate of drug-likeness (QED) is 0.460. The van der Waals surface area contributed by atoms with Crippen LogP contribution >= 0.6 is 22.9 Å². The van der Waals surface area contributed by atoms with Crippen molar-refractivity contribution in [2.45, 2.75) is 26.7 Å². The SMILES string of the molecule is Cc1cccc(C(C)C)c1-n1c(=O)c(=O)n(-c2cscn2)c2cc(Cl)ccc21. The number of aryl methyl sites for hydroxylation is 1. The van der Waals surface area contributed by atoms with E-state index in [1.54, 1.807) is 29.1 Å². The first-order valence-corrected chi connectivity index (χ1v) is 10.2. The van der Waals surface area contributed by atoms with Gasteiger partial charge in [0.1, 0.15) is 0 Å². The van der Waals surface area contributed by atoms with E-state index in [1.165, 1.54) is 20.5 Å². The Morgan fingerprint density at radius 1 is 1.04 bits per heavy atom. The molecule has 0 saturated heterocycles. The van der Waals surface area contributed by atoms with E-state index in [0.717, 1.165) is 16.8 Å². The Morgan fingerprint density at radius 3 is 2.46 bits per heavy atom. The minimum Gasteiger partial charge on any atom is -0.270 e. The summed E-state index contributed by atoms with van der Waals surface area (Å²) in [6.45, 7) is 6.08. The molecule has 0 radical (unpaired) electrons. The lowest BCUT2D eigenvalue weighted by molar-refractivity contribution is 0.829. The lowest BCUT2D eigenvalue weighted by atomic mass is 9.97. The van der Waals surface area contributed by atoms with Crippen molar-refractivity contribution < 1.29 is 0 Å². The second-order valence-electron chi connectivity index (χ2n) is 6.93. The summed E-state index contributed by atoms with van der Waals surface area (Å²) in [5, 5.41) is 2.22. The van der Waals surface area contributed by atoms with Crippen LogP contribution in [0.25, 0.3) is 22.5 Å². The Morgan fingerprint density at radius 2 is 1.79 bits per heavy atom. The summed E-state index contributed by atoms with van der Waals surface area (Å²) < 4.78 is 2.85. The summed E-state index contributed by atoms with van der Waals surface area (Å²) in [7, 11) is 0. The van der Waals surface area contributed by atoms with Gasteiger partial charge in [-0.15, -0.1) is 11.3 Å². The number of para-hydroxylation sites is 1. The predicted molar refractivity (Wildman–Crippen MR) is 115 cm³/mol. The minimum atomic E-state index is -0.654. The number of hydrogen-bond acceptors (Lipinski definition) is 4. The fraction of sp³-hybridized carbons (Fsp3) is 0.190. The summed E-state index contributed by atoms with van der Waals surface area (Å²) >= 11 is 7.59. The molecule has 0 spiro atoms. The van der Waals surface area contributed by atoms with Crippen molar-refractivity contribution in [3.8, 4) is 11.5 Å². The lowest BCUT2D eigenvalue weighted by Gasteiger charge is -2.20. The van der Waals surface area contributed by atoms with E-state index in [0.29, 0.717) is 21.9 Å². The zero-order valence-electron chi connectivity index (χ0n) is 15.6. The maximum Gasteiger partial charge on any atom is 0.323 e. The van der Waals surface area contributed by atoms with Crippen molar-refractivity contribution in [1.29, 1.82) is 0 Å². The number of aromatic nitrogens is 3. The van der Waals surface area contributed by atoms with Gasteiger partial charge in [-0.1, -0.05) is 43.6 Å². The molecule has 2 aromatic heterocycles. The molecule has 142 valence electrons. The van der Waals surface area contributed by atoms with E-state index in [9.17, 15) is 9.59 Å². The molecule has 0 fully saturated rings. The van der Waals surface area contributed by atoms with E-state index < -0.39 is 11.1 Å². The number of nitrogens with zero attached hydrogens (tertiary/aromatic N) is 3. The molecule has 0 aliphatic heterocycles. The molecule has 2 aromatic carbocycles. The largest absolute Gasteiger partial charge is 0.323 e. The van der Waals surface area contributed by atoms with Crippen LogP contribution in [-0.4, -0.2) is 14.1 Å². The molecule has 0 aliphatic rings. The van der Waals surface area contributed by atoms with Crippen molar-refractivity contribution >= 4 is 34.0 Å². The predicted octanol–water partition coefficient (Wildman–Crippen LogP) is 4.68. The van der Waals surface area contributed by atoms with Gasteiger partial charge in [-0.25, -0.2) is 4.98 Å². The second kappa shape index (κ2) is 7.04. The van der Waals surface area contributed by atoms with Crippen LogP contribution in [0, 0.1) is 6.92 Å². The van der Waals surface area contributed by atoms with Gasteiger partial charge in [0.15, 0.2) is 5.82 Å². The van der Waals surface area contributed by atoms with Gasteiger partial charge in [-0.2, -0.15) is 0 Å². The molecule has 5 nitrogen and oxygen atoms in total. The summed E-state index contributed by atoms with van der Waals surface area (Å²) in [5.41, 5.74) is 4.19. The molecule has 0 aliphatic carbocycles. The number of rotatable bonds is 3. The first-order chi connectivity index (χ1) is 13.4. The average molecular weight is 412 g/mol. The molecule has 0 unspecified atom stereocenters. The van der Waals surface area contributed by atoms with Crippen LogP contribution in [0.3, 0.4) is 0 Å². The highest BCUT2D eigenvalue weighted by molar-refractivity contribution is 7.07. The van der Waals surface area contributed by atoms with Gasteiger partial charge in [-0.05, 0) is 42.2 Å². The van der Waals surface area contributed by atoms with E-state index in [2.05, 4.69) is 18.8 Å². The highest BCUT2D eigenvalue weighted by Gasteiger charge is 2.20. The van der Waals surface area contributed by atoms with Crippen LogP contribution in [0.4, 0.5) is 0 Å². The molecule has 7 heteroatoms. The van der Waals surface area contributed by atoms with E-state index in [1.807, 2.05) is 25.1 Å². The molecular weight excluding hydrogens is 394 g/mol. The third-order valence-corrected chi connectivity index (χ3v) is 5.58. The van der Waals surface area contributed by atoms with Gasteiger partial charge in [0.25, 0.3) is 0 Å². The Balaban J connectivity index is 2.24. The third-order valence-electron chi connectivity index (χ3n) is 4.77. The fourth-order valence-corrected chi connectivity index (χ4v) is 4.18. The average Bonchev–Trinajstić information content (AvgIpc) is 3.18. The summed E-state index contributed by atoms with van der Waals surface area (Å²) in [4.78, 5) is 30.6. The fourth-order valence-electron chi connectivity index (χ4n) is 3.49. The zero-order chi connectivity index (χ0) is 20.0. The molecule has 4 aromatic rings. The molecule has 0 bridgehead atoms. The van der Waals surface area contributed by atoms with E-state index >= 15 is 0 Å². The third kappa shape index (κ3) is 2.89.